The molecule has 3 nitrogen and oxygen atoms in total. The van der Waals surface area contributed by atoms with E-state index in [1.165, 1.54) is 20.0 Å². The van der Waals surface area contributed by atoms with Crippen molar-refractivity contribution in [3.63, 3.8) is 0 Å². The van der Waals surface area contributed by atoms with E-state index >= 15 is 0 Å². The van der Waals surface area contributed by atoms with Crippen molar-refractivity contribution in [1.82, 2.24) is 0 Å². The minimum absolute atomic E-state index is 0.177. The summed E-state index contributed by atoms with van der Waals surface area (Å²) in [4.78, 5) is 11.7. The molecular formula is C13H24O3. The van der Waals surface area contributed by atoms with Crippen LogP contribution in [0.3, 0.4) is 0 Å². The van der Waals surface area contributed by atoms with Crippen molar-refractivity contribution in [2.24, 2.45) is 11.8 Å². The van der Waals surface area contributed by atoms with Gasteiger partial charge in [-0.3, -0.25) is 4.79 Å². The van der Waals surface area contributed by atoms with Gasteiger partial charge in [0.15, 0.2) is 6.29 Å². The zero-order chi connectivity index (χ0) is 12.0. The minimum Gasteiger partial charge on any atom is -0.368 e. The van der Waals surface area contributed by atoms with E-state index in [0.29, 0.717) is 24.5 Å². The number of carbonyl (C=O) groups excluding carboxylic acids is 1. The number of rotatable bonds is 7. The third-order valence-electron chi connectivity index (χ3n) is 3.64. The molecular weight excluding hydrogens is 204 g/mol. The van der Waals surface area contributed by atoms with Crippen LogP contribution in [0.5, 0.6) is 0 Å². The number of unbranched alkanes of at least 4 members (excludes halogenated alkanes) is 2. The van der Waals surface area contributed by atoms with Crippen molar-refractivity contribution in [3.05, 3.63) is 0 Å². The Bertz CT molecular complexity index is 215. The Kier molecular flexibility index (Phi) is 5.99. The number of aliphatic hydroxyl groups excluding tert-OH is 1. The molecule has 0 spiro atoms. The molecule has 1 rings (SSSR count). The normalized spacial score (nSPS) is 27.3. The molecule has 3 unspecified atom stereocenters. The highest BCUT2D eigenvalue weighted by Gasteiger charge is 2.34. The van der Waals surface area contributed by atoms with Gasteiger partial charge in [-0.15, -0.1) is 0 Å². The van der Waals surface area contributed by atoms with E-state index in [1.807, 2.05) is 0 Å². The highest BCUT2D eigenvalue weighted by Crippen LogP contribution is 2.35. The van der Waals surface area contributed by atoms with Gasteiger partial charge in [0.25, 0.3) is 0 Å². The third-order valence-corrected chi connectivity index (χ3v) is 3.64. The highest BCUT2D eigenvalue weighted by molar-refractivity contribution is 5.83. The van der Waals surface area contributed by atoms with Crippen molar-refractivity contribution in [3.8, 4) is 0 Å². The van der Waals surface area contributed by atoms with E-state index in [2.05, 4.69) is 6.92 Å². The van der Waals surface area contributed by atoms with Crippen LogP contribution < -0.4 is 0 Å². The average molecular weight is 228 g/mol. The summed E-state index contributed by atoms with van der Waals surface area (Å²) < 4.78 is 4.87. The SMILES string of the molecule is CCCCCC1C(=O)CCC1CC(O)OC. The van der Waals surface area contributed by atoms with Gasteiger partial charge in [-0.25, -0.2) is 0 Å². The Hall–Kier alpha value is -0.410. The summed E-state index contributed by atoms with van der Waals surface area (Å²) >= 11 is 0. The summed E-state index contributed by atoms with van der Waals surface area (Å²) in [5, 5.41) is 9.46. The Labute approximate surface area is 98.2 Å². The van der Waals surface area contributed by atoms with Gasteiger partial charge in [0.05, 0.1) is 0 Å². The lowest BCUT2D eigenvalue weighted by Gasteiger charge is -2.20. The Morgan fingerprint density at radius 1 is 1.50 bits per heavy atom. The fourth-order valence-electron chi connectivity index (χ4n) is 2.63. The smallest absolute Gasteiger partial charge is 0.154 e. The van der Waals surface area contributed by atoms with Crippen LogP contribution >= 0.6 is 0 Å². The van der Waals surface area contributed by atoms with Gasteiger partial charge in [-0.1, -0.05) is 26.2 Å². The molecule has 0 aromatic carbocycles. The first-order valence-electron chi connectivity index (χ1n) is 6.42. The number of Topliss-reactive ketones (excluding diaryl/α,β-unsaturated/α-hetero) is 1. The van der Waals surface area contributed by atoms with Crippen LogP contribution in [0.4, 0.5) is 0 Å². The molecule has 3 heteroatoms. The van der Waals surface area contributed by atoms with E-state index in [-0.39, 0.29) is 5.92 Å². The molecule has 1 saturated carbocycles. The van der Waals surface area contributed by atoms with E-state index in [9.17, 15) is 9.90 Å². The van der Waals surface area contributed by atoms with Crippen LogP contribution in [0.2, 0.25) is 0 Å². The summed E-state index contributed by atoms with van der Waals surface area (Å²) in [7, 11) is 1.51. The molecule has 0 saturated heterocycles. The fourth-order valence-corrected chi connectivity index (χ4v) is 2.63. The maximum atomic E-state index is 11.7. The lowest BCUT2D eigenvalue weighted by atomic mass is 9.88. The number of ketones is 1. The molecule has 0 bridgehead atoms. The monoisotopic (exact) mass is 228 g/mol. The maximum absolute atomic E-state index is 11.7. The molecule has 0 amide bonds. The standard InChI is InChI=1S/C13H24O3/c1-3-4-5-6-11-10(7-8-12(11)14)9-13(15)16-2/h10-11,13,15H,3-9H2,1-2H3. The largest absolute Gasteiger partial charge is 0.368 e. The van der Waals surface area contributed by atoms with E-state index < -0.39 is 6.29 Å². The van der Waals surface area contributed by atoms with E-state index in [4.69, 9.17) is 4.74 Å². The first-order chi connectivity index (χ1) is 7.69. The predicted octanol–water partition coefficient (Wildman–Crippen LogP) is 2.52. The van der Waals surface area contributed by atoms with Gasteiger partial charge in [0.1, 0.15) is 5.78 Å². The molecule has 94 valence electrons. The second kappa shape index (κ2) is 7.02. The maximum Gasteiger partial charge on any atom is 0.154 e. The zero-order valence-corrected chi connectivity index (χ0v) is 10.4. The molecule has 0 aliphatic heterocycles. The first-order valence-corrected chi connectivity index (χ1v) is 6.42. The Balaban J connectivity index is 2.39. The van der Waals surface area contributed by atoms with Crippen molar-refractivity contribution in [1.29, 1.82) is 0 Å². The van der Waals surface area contributed by atoms with E-state index in [0.717, 1.165) is 19.3 Å². The van der Waals surface area contributed by atoms with Crippen molar-refractivity contribution in [2.45, 2.75) is 58.2 Å². The van der Waals surface area contributed by atoms with Crippen LogP contribution in [-0.2, 0) is 9.53 Å². The average Bonchev–Trinajstić information content (AvgIpc) is 2.61. The van der Waals surface area contributed by atoms with Crippen LogP contribution in [-0.4, -0.2) is 24.3 Å². The van der Waals surface area contributed by atoms with Crippen LogP contribution in [0.15, 0.2) is 0 Å². The number of aliphatic hydroxyl groups is 1. The molecule has 0 heterocycles. The highest BCUT2D eigenvalue weighted by atomic mass is 16.6. The van der Waals surface area contributed by atoms with Gasteiger partial charge < -0.3 is 9.84 Å². The van der Waals surface area contributed by atoms with Crippen LogP contribution in [0, 0.1) is 11.8 Å². The topological polar surface area (TPSA) is 46.5 Å². The second-order valence-electron chi connectivity index (χ2n) is 4.79. The van der Waals surface area contributed by atoms with Crippen molar-refractivity contribution in [2.75, 3.05) is 7.11 Å². The zero-order valence-electron chi connectivity index (χ0n) is 10.4. The van der Waals surface area contributed by atoms with Crippen molar-refractivity contribution >= 4 is 5.78 Å². The summed E-state index contributed by atoms with van der Waals surface area (Å²) in [5.41, 5.74) is 0. The molecule has 1 aliphatic carbocycles. The number of carbonyl (C=O) groups is 1. The van der Waals surface area contributed by atoms with E-state index in [1.54, 1.807) is 0 Å². The fraction of sp³-hybridized carbons (Fsp3) is 0.923. The van der Waals surface area contributed by atoms with Gasteiger partial charge in [-0.2, -0.15) is 0 Å². The van der Waals surface area contributed by atoms with Crippen LogP contribution in [0.1, 0.15) is 51.9 Å². The molecule has 16 heavy (non-hydrogen) atoms. The lowest BCUT2D eigenvalue weighted by molar-refractivity contribution is -0.122. The van der Waals surface area contributed by atoms with Gasteiger partial charge in [-0.05, 0) is 18.8 Å². The second-order valence-corrected chi connectivity index (χ2v) is 4.79. The Morgan fingerprint density at radius 3 is 2.88 bits per heavy atom. The first kappa shape index (κ1) is 13.7. The van der Waals surface area contributed by atoms with Gasteiger partial charge >= 0.3 is 0 Å². The lowest BCUT2D eigenvalue weighted by Crippen LogP contribution is -2.21. The summed E-state index contributed by atoms with van der Waals surface area (Å²) in [6.07, 6.45) is 6.03. The van der Waals surface area contributed by atoms with Crippen molar-refractivity contribution < 1.29 is 14.6 Å². The quantitative estimate of drug-likeness (QED) is 0.538. The molecule has 0 radical (unpaired) electrons. The molecule has 0 aromatic heterocycles. The molecule has 1 aliphatic rings. The van der Waals surface area contributed by atoms with Gasteiger partial charge in [0.2, 0.25) is 0 Å². The third kappa shape index (κ3) is 3.87. The predicted molar refractivity (Wildman–Crippen MR) is 63.0 cm³/mol. The van der Waals surface area contributed by atoms with Gasteiger partial charge in [0, 0.05) is 25.9 Å². The number of hydrogen-bond acceptors (Lipinski definition) is 3. The molecule has 1 N–H and O–H groups in total. The number of ether oxygens (including phenoxy) is 1. The molecule has 3 atom stereocenters. The summed E-state index contributed by atoms with van der Waals surface area (Å²) in [5.74, 6) is 0.903. The van der Waals surface area contributed by atoms with Crippen LogP contribution in [0.25, 0.3) is 0 Å². The Morgan fingerprint density at radius 2 is 2.25 bits per heavy atom. The summed E-state index contributed by atoms with van der Waals surface area (Å²) in [6.45, 7) is 2.17. The molecule has 0 aromatic rings. The number of hydrogen-bond donors (Lipinski definition) is 1. The summed E-state index contributed by atoms with van der Waals surface area (Å²) in [6, 6.07) is 0. The minimum atomic E-state index is -0.704. The number of methoxy groups -OCH3 is 1. The molecule has 1 fully saturated rings.